The second-order valence-electron chi connectivity index (χ2n) is 4.08. The van der Waals surface area contributed by atoms with E-state index in [1.165, 1.54) is 12.3 Å². The first-order valence-corrected chi connectivity index (χ1v) is 6.06. The Bertz CT molecular complexity index is 569. The summed E-state index contributed by atoms with van der Waals surface area (Å²) in [6.07, 6.45) is 1.45. The van der Waals surface area contributed by atoms with Gasteiger partial charge in [-0.2, -0.15) is 0 Å². The van der Waals surface area contributed by atoms with Crippen molar-refractivity contribution in [3.05, 3.63) is 63.3 Å². The molecular weight excluding hydrogens is 266 g/mol. The number of benzene rings is 1. The molecule has 1 aromatic heterocycles. The third-order valence-corrected chi connectivity index (χ3v) is 2.94. The molecule has 2 rings (SSSR count). The molecule has 1 N–H and O–H groups in total. The summed E-state index contributed by atoms with van der Waals surface area (Å²) in [4.78, 5) is 13.7. The van der Waals surface area contributed by atoms with Crippen molar-refractivity contribution in [3.8, 4) is 0 Å². The molecule has 2 aromatic rings. The molecule has 5 nitrogen and oxygen atoms in total. The molecule has 0 aliphatic rings. The van der Waals surface area contributed by atoms with E-state index in [2.05, 4.69) is 10.3 Å². The summed E-state index contributed by atoms with van der Waals surface area (Å²) < 4.78 is 0. The highest BCUT2D eigenvalue weighted by atomic mass is 35.5. The van der Waals surface area contributed by atoms with Gasteiger partial charge in [0.2, 0.25) is 0 Å². The molecule has 0 amide bonds. The number of halogens is 1. The molecule has 1 heterocycles. The van der Waals surface area contributed by atoms with Gasteiger partial charge in [-0.05, 0) is 40.6 Å². The van der Waals surface area contributed by atoms with Crippen LogP contribution in [0, 0.1) is 10.1 Å². The monoisotopic (exact) mass is 277 g/mol. The Balaban J connectivity index is 2.08. The Kier molecular flexibility index (Phi) is 3.97. The van der Waals surface area contributed by atoms with Gasteiger partial charge in [0, 0.05) is 17.1 Å². The zero-order chi connectivity index (χ0) is 13.8. The van der Waals surface area contributed by atoms with Crippen LogP contribution in [0.25, 0.3) is 0 Å². The standard InChI is InChI=1S/C13H12ClN3O2/c1-9(10-2-4-11(14)5-3-10)16-12-6-7-13(15-8-12)17(18)19/h2-9,16H,1H3. The van der Waals surface area contributed by atoms with Gasteiger partial charge in [0.1, 0.15) is 0 Å². The highest BCUT2D eigenvalue weighted by Crippen LogP contribution is 2.21. The van der Waals surface area contributed by atoms with Crippen molar-refractivity contribution in [3.63, 3.8) is 0 Å². The Hall–Kier alpha value is -2.14. The zero-order valence-corrected chi connectivity index (χ0v) is 11.0. The molecule has 1 unspecified atom stereocenters. The summed E-state index contributed by atoms with van der Waals surface area (Å²) in [5, 5.41) is 14.4. The number of anilines is 1. The molecule has 0 bridgehead atoms. The van der Waals surface area contributed by atoms with Crippen molar-refractivity contribution in [1.82, 2.24) is 4.98 Å². The Morgan fingerprint density at radius 2 is 1.95 bits per heavy atom. The first-order valence-electron chi connectivity index (χ1n) is 5.68. The molecule has 0 saturated heterocycles. The summed E-state index contributed by atoms with van der Waals surface area (Å²) in [6, 6.07) is 10.6. The van der Waals surface area contributed by atoms with Crippen LogP contribution in [-0.4, -0.2) is 9.91 Å². The average molecular weight is 278 g/mol. The van der Waals surface area contributed by atoms with E-state index >= 15 is 0 Å². The van der Waals surface area contributed by atoms with Crippen LogP contribution >= 0.6 is 11.6 Å². The van der Waals surface area contributed by atoms with Gasteiger partial charge in [-0.3, -0.25) is 0 Å². The molecule has 1 aromatic carbocycles. The minimum Gasteiger partial charge on any atom is -0.375 e. The number of hydrogen-bond acceptors (Lipinski definition) is 4. The Morgan fingerprint density at radius 1 is 1.26 bits per heavy atom. The van der Waals surface area contributed by atoms with Gasteiger partial charge in [-0.15, -0.1) is 0 Å². The van der Waals surface area contributed by atoms with E-state index in [1.54, 1.807) is 6.07 Å². The van der Waals surface area contributed by atoms with Gasteiger partial charge in [-0.25, -0.2) is 0 Å². The Morgan fingerprint density at radius 3 is 2.47 bits per heavy atom. The van der Waals surface area contributed by atoms with Crippen LogP contribution in [0.4, 0.5) is 11.5 Å². The molecule has 0 spiro atoms. The molecule has 19 heavy (non-hydrogen) atoms. The van der Waals surface area contributed by atoms with Crippen molar-refractivity contribution in [2.45, 2.75) is 13.0 Å². The number of nitro groups is 1. The Labute approximate surface area is 115 Å². The average Bonchev–Trinajstić information content (AvgIpc) is 2.40. The predicted octanol–water partition coefficient (Wildman–Crippen LogP) is 3.82. The molecule has 0 fully saturated rings. The summed E-state index contributed by atoms with van der Waals surface area (Å²) in [5.41, 5.74) is 1.80. The molecule has 0 saturated carbocycles. The van der Waals surface area contributed by atoms with Gasteiger partial charge in [0.25, 0.3) is 0 Å². The van der Waals surface area contributed by atoms with Crippen LogP contribution in [0.5, 0.6) is 0 Å². The van der Waals surface area contributed by atoms with E-state index in [4.69, 9.17) is 11.6 Å². The molecule has 6 heteroatoms. The number of pyridine rings is 1. The van der Waals surface area contributed by atoms with Crippen LogP contribution in [0.15, 0.2) is 42.6 Å². The van der Waals surface area contributed by atoms with E-state index in [9.17, 15) is 10.1 Å². The molecule has 0 aliphatic carbocycles. The van der Waals surface area contributed by atoms with Crippen molar-refractivity contribution in [2.24, 2.45) is 0 Å². The summed E-state index contributed by atoms with van der Waals surface area (Å²) >= 11 is 5.83. The van der Waals surface area contributed by atoms with Gasteiger partial charge in [0.15, 0.2) is 6.20 Å². The van der Waals surface area contributed by atoms with Crippen molar-refractivity contribution in [1.29, 1.82) is 0 Å². The lowest BCUT2D eigenvalue weighted by Gasteiger charge is -2.14. The minimum absolute atomic E-state index is 0.0560. The first kappa shape index (κ1) is 13.3. The summed E-state index contributed by atoms with van der Waals surface area (Å²) in [6.45, 7) is 1.99. The molecule has 98 valence electrons. The number of nitrogens with zero attached hydrogens (tertiary/aromatic N) is 2. The predicted molar refractivity (Wildman–Crippen MR) is 74.4 cm³/mol. The number of hydrogen-bond donors (Lipinski definition) is 1. The van der Waals surface area contributed by atoms with Crippen LogP contribution in [0.3, 0.4) is 0 Å². The van der Waals surface area contributed by atoms with Crippen LogP contribution in [0.2, 0.25) is 5.02 Å². The van der Waals surface area contributed by atoms with E-state index < -0.39 is 4.92 Å². The van der Waals surface area contributed by atoms with Crippen LogP contribution < -0.4 is 5.32 Å². The summed E-state index contributed by atoms with van der Waals surface area (Å²) in [5.74, 6) is -0.162. The van der Waals surface area contributed by atoms with Crippen LogP contribution in [0.1, 0.15) is 18.5 Å². The lowest BCUT2D eigenvalue weighted by atomic mass is 10.1. The van der Waals surface area contributed by atoms with Gasteiger partial charge < -0.3 is 15.4 Å². The molecule has 0 aliphatic heterocycles. The van der Waals surface area contributed by atoms with E-state index in [0.29, 0.717) is 5.02 Å². The van der Waals surface area contributed by atoms with Crippen molar-refractivity contribution in [2.75, 3.05) is 5.32 Å². The maximum absolute atomic E-state index is 10.5. The fourth-order valence-corrected chi connectivity index (χ4v) is 1.79. The van der Waals surface area contributed by atoms with E-state index in [-0.39, 0.29) is 11.9 Å². The zero-order valence-electron chi connectivity index (χ0n) is 10.2. The smallest absolute Gasteiger partial charge is 0.363 e. The molecular formula is C13H12ClN3O2. The van der Waals surface area contributed by atoms with Crippen molar-refractivity contribution < 1.29 is 4.92 Å². The fraction of sp³-hybridized carbons (Fsp3) is 0.154. The third kappa shape index (κ3) is 3.42. The van der Waals surface area contributed by atoms with Gasteiger partial charge in [0.05, 0.1) is 5.69 Å². The second-order valence-corrected chi connectivity index (χ2v) is 4.52. The van der Waals surface area contributed by atoms with Gasteiger partial charge >= 0.3 is 5.82 Å². The second kappa shape index (κ2) is 5.67. The van der Waals surface area contributed by atoms with Crippen molar-refractivity contribution >= 4 is 23.1 Å². The lowest BCUT2D eigenvalue weighted by Crippen LogP contribution is -2.06. The van der Waals surface area contributed by atoms with E-state index in [1.807, 2.05) is 31.2 Å². The lowest BCUT2D eigenvalue weighted by molar-refractivity contribution is -0.389. The maximum atomic E-state index is 10.5. The number of rotatable bonds is 4. The normalized spacial score (nSPS) is 11.9. The third-order valence-electron chi connectivity index (χ3n) is 2.69. The highest BCUT2D eigenvalue weighted by molar-refractivity contribution is 6.30. The minimum atomic E-state index is -0.521. The fourth-order valence-electron chi connectivity index (χ4n) is 1.66. The maximum Gasteiger partial charge on any atom is 0.363 e. The molecule has 0 radical (unpaired) electrons. The van der Waals surface area contributed by atoms with Gasteiger partial charge in [-0.1, -0.05) is 23.7 Å². The SMILES string of the molecule is CC(Nc1ccc([N+](=O)[O-])nc1)c1ccc(Cl)cc1. The topological polar surface area (TPSA) is 68.1 Å². The van der Waals surface area contributed by atoms with E-state index in [0.717, 1.165) is 11.3 Å². The number of aromatic nitrogens is 1. The summed E-state index contributed by atoms with van der Waals surface area (Å²) in [7, 11) is 0. The first-order chi connectivity index (χ1) is 9.06. The largest absolute Gasteiger partial charge is 0.375 e. The number of nitrogens with one attached hydrogen (secondary N) is 1. The highest BCUT2D eigenvalue weighted by Gasteiger charge is 2.09. The molecule has 1 atom stereocenters. The van der Waals surface area contributed by atoms with Crippen LogP contribution in [-0.2, 0) is 0 Å². The quantitative estimate of drug-likeness (QED) is 0.681.